The minimum absolute atomic E-state index is 0.245. The fourth-order valence-electron chi connectivity index (χ4n) is 1.54. The number of hydrogen-bond acceptors (Lipinski definition) is 1. The maximum atomic E-state index is 13.3. The van der Waals surface area contributed by atoms with Gasteiger partial charge in [-0.05, 0) is 48.6 Å². The number of allylic oxidation sites excluding steroid dienone is 1. The van der Waals surface area contributed by atoms with Crippen LogP contribution in [0, 0.1) is 17.5 Å². The van der Waals surface area contributed by atoms with Crippen molar-refractivity contribution in [3.8, 4) is 0 Å². The molecule has 2 aromatic carbocycles. The molecule has 0 aromatic heterocycles. The summed E-state index contributed by atoms with van der Waals surface area (Å²) in [6, 6.07) is 8.34. The lowest BCUT2D eigenvalue weighted by molar-refractivity contribution is 0.104. The van der Waals surface area contributed by atoms with E-state index in [1.165, 1.54) is 18.2 Å². The van der Waals surface area contributed by atoms with Crippen molar-refractivity contribution in [1.29, 1.82) is 0 Å². The van der Waals surface area contributed by atoms with Gasteiger partial charge in [0.2, 0.25) is 0 Å². The molecule has 0 N–H and O–H groups in total. The first-order chi connectivity index (χ1) is 9.08. The Bertz CT molecular complexity index is 610. The second-order valence-corrected chi connectivity index (χ2v) is 3.84. The molecule has 0 aliphatic heterocycles. The molecule has 0 heterocycles. The first-order valence-electron chi connectivity index (χ1n) is 5.50. The molecule has 4 heteroatoms. The van der Waals surface area contributed by atoms with Crippen molar-refractivity contribution in [3.63, 3.8) is 0 Å². The van der Waals surface area contributed by atoms with E-state index < -0.39 is 23.2 Å². The van der Waals surface area contributed by atoms with Crippen molar-refractivity contribution in [1.82, 2.24) is 0 Å². The van der Waals surface area contributed by atoms with Crippen LogP contribution in [0.1, 0.15) is 15.9 Å². The van der Waals surface area contributed by atoms with Crippen LogP contribution in [0.15, 0.2) is 48.5 Å². The number of carbonyl (C=O) groups is 1. The third-order valence-corrected chi connectivity index (χ3v) is 2.53. The normalized spacial score (nSPS) is 10.9. The zero-order valence-corrected chi connectivity index (χ0v) is 9.74. The van der Waals surface area contributed by atoms with Gasteiger partial charge in [0, 0.05) is 11.1 Å². The van der Waals surface area contributed by atoms with E-state index in [2.05, 4.69) is 0 Å². The molecule has 0 amide bonds. The summed E-state index contributed by atoms with van der Waals surface area (Å²) in [5.74, 6) is -2.41. The van der Waals surface area contributed by atoms with Crippen LogP contribution in [-0.2, 0) is 0 Å². The van der Waals surface area contributed by atoms with Crippen LogP contribution in [0.5, 0.6) is 0 Å². The van der Waals surface area contributed by atoms with Gasteiger partial charge in [0.1, 0.15) is 17.5 Å². The average molecular weight is 262 g/mol. The van der Waals surface area contributed by atoms with Crippen molar-refractivity contribution in [2.75, 3.05) is 0 Å². The van der Waals surface area contributed by atoms with Crippen LogP contribution in [0.2, 0.25) is 0 Å². The van der Waals surface area contributed by atoms with Gasteiger partial charge in [0.05, 0.1) is 0 Å². The number of ketones is 1. The molecular weight excluding hydrogens is 253 g/mol. The Labute approximate surface area is 108 Å². The number of benzene rings is 2. The molecular formula is C15H9F3O. The summed E-state index contributed by atoms with van der Waals surface area (Å²) in [5.41, 5.74) is -0.0349. The highest BCUT2D eigenvalue weighted by atomic mass is 19.1. The number of rotatable bonds is 3. The van der Waals surface area contributed by atoms with Gasteiger partial charge in [-0.15, -0.1) is 0 Å². The summed E-state index contributed by atoms with van der Waals surface area (Å²) in [6.45, 7) is 0. The lowest BCUT2D eigenvalue weighted by atomic mass is 10.1. The molecule has 0 aliphatic carbocycles. The van der Waals surface area contributed by atoms with Gasteiger partial charge in [0.25, 0.3) is 0 Å². The first-order valence-corrected chi connectivity index (χ1v) is 5.50. The summed E-state index contributed by atoms with van der Waals surface area (Å²) in [5, 5.41) is 0. The van der Waals surface area contributed by atoms with E-state index in [0.29, 0.717) is 0 Å². The average Bonchev–Trinajstić information content (AvgIpc) is 2.38. The summed E-state index contributed by atoms with van der Waals surface area (Å²) < 4.78 is 39.3. The fraction of sp³-hybridized carbons (Fsp3) is 0. The predicted molar refractivity (Wildman–Crippen MR) is 66.1 cm³/mol. The van der Waals surface area contributed by atoms with Gasteiger partial charge in [-0.1, -0.05) is 6.07 Å². The van der Waals surface area contributed by atoms with Crippen molar-refractivity contribution in [2.24, 2.45) is 0 Å². The molecule has 2 aromatic rings. The Hall–Kier alpha value is -2.36. The van der Waals surface area contributed by atoms with Crippen molar-refractivity contribution in [2.45, 2.75) is 0 Å². The summed E-state index contributed by atoms with van der Waals surface area (Å²) in [7, 11) is 0. The van der Waals surface area contributed by atoms with Crippen molar-refractivity contribution in [3.05, 3.63) is 77.1 Å². The van der Waals surface area contributed by atoms with Crippen LogP contribution in [0.25, 0.3) is 6.08 Å². The zero-order valence-electron chi connectivity index (χ0n) is 9.74. The topological polar surface area (TPSA) is 17.1 Å². The molecule has 0 spiro atoms. The Morgan fingerprint density at radius 2 is 1.47 bits per heavy atom. The minimum atomic E-state index is -0.747. The smallest absolute Gasteiger partial charge is 0.185 e. The van der Waals surface area contributed by atoms with Crippen LogP contribution in [0.4, 0.5) is 13.2 Å². The summed E-state index contributed by atoms with van der Waals surface area (Å²) >= 11 is 0. The van der Waals surface area contributed by atoms with E-state index in [4.69, 9.17) is 0 Å². The number of carbonyl (C=O) groups excluding carboxylic acids is 1. The minimum Gasteiger partial charge on any atom is -0.289 e. The predicted octanol–water partition coefficient (Wildman–Crippen LogP) is 4.00. The third-order valence-electron chi connectivity index (χ3n) is 2.53. The standard InChI is InChI=1S/C15H9F3O/c16-11-6-4-10(5-7-11)15(19)9-8-12-13(17)2-1-3-14(12)18/h1-9H/b9-8+. The van der Waals surface area contributed by atoms with Gasteiger partial charge in [0.15, 0.2) is 5.78 Å². The van der Waals surface area contributed by atoms with E-state index in [-0.39, 0.29) is 11.1 Å². The quantitative estimate of drug-likeness (QED) is 0.603. The van der Waals surface area contributed by atoms with Crippen LogP contribution >= 0.6 is 0 Å². The molecule has 0 saturated heterocycles. The molecule has 0 unspecified atom stereocenters. The van der Waals surface area contributed by atoms with Crippen LogP contribution < -0.4 is 0 Å². The second-order valence-electron chi connectivity index (χ2n) is 3.84. The SMILES string of the molecule is O=C(/C=C/c1c(F)cccc1F)c1ccc(F)cc1. The Balaban J connectivity index is 2.23. The van der Waals surface area contributed by atoms with Gasteiger partial charge in [-0.3, -0.25) is 4.79 Å². The number of halogens is 3. The van der Waals surface area contributed by atoms with E-state index in [1.807, 2.05) is 0 Å². The van der Waals surface area contributed by atoms with E-state index in [9.17, 15) is 18.0 Å². The highest BCUT2D eigenvalue weighted by Gasteiger charge is 2.06. The Kier molecular flexibility index (Phi) is 3.80. The molecule has 0 saturated carbocycles. The lowest BCUT2D eigenvalue weighted by Crippen LogP contribution is -1.95. The molecule has 19 heavy (non-hydrogen) atoms. The van der Waals surface area contributed by atoms with Crippen LogP contribution in [-0.4, -0.2) is 5.78 Å². The molecule has 0 radical (unpaired) electrons. The van der Waals surface area contributed by atoms with Crippen molar-refractivity contribution < 1.29 is 18.0 Å². The summed E-state index contributed by atoms with van der Waals surface area (Å²) in [6.07, 6.45) is 2.12. The monoisotopic (exact) mass is 262 g/mol. The van der Waals surface area contributed by atoms with Crippen molar-refractivity contribution >= 4 is 11.9 Å². The summed E-state index contributed by atoms with van der Waals surface area (Å²) in [4.78, 5) is 11.7. The largest absolute Gasteiger partial charge is 0.289 e. The Morgan fingerprint density at radius 3 is 2.05 bits per heavy atom. The molecule has 0 atom stereocenters. The second kappa shape index (κ2) is 5.52. The maximum absolute atomic E-state index is 13.3. The molecule has 0 aliphatic rings. The van der Waals surface area contributed by atoms with E-state index in [1.54, 1.807) is 0 Å². The molecule has 2 rings (SSSR count). The highest BCUT2D eigenvalue weighted by molar-refractivity contribution is 6.06. The first kappa shape index (κ1) is 13.1. The molecule has 0 fully saturated rings. The maximum Gasteiger partial charge on any atom is 0.185 e. The lowest BCUT2D eigenvalue weighted by Gasteiger charge is -1.99. The van der Waals surface area contributed by atoms with E-state index in [0.717, 1.165) is 36.4 Å². The van der Waals surface area contributed by atoms with E-state index >= 15 is 0 Å². The fourth-order valence-corrected chi connectivity index (χ4v) is 1.54. The zero-order chi connectivity index (χ0) is 13.8. The highest BCUT2D eigenvalue weighted by Crippen LogP contribution is 2.14. The molecule has 1 nitrogen and oxygen atoms in total. The van der Waals surface area contributed by atoms with Crippen LogP contribution in [0.3, 0.4) is 0 Å². The van der Waals surface area contributed by atoms with Gasteiger partial charge >= 0.3 is 0 Å². The third kappa shape index (κ3) is 3.10. The molecule has 96 valence electrons. The van der Waals surface area contributed by atoms with Gasteiger partial charge < -0.3 is 0 Å². The number of hydrogen-bond donors (Lipinski definition) is 0. The van der Waals surface area contributed by atoms with Gasteiger partial charge in [-0.2, -0.15) is 0 Å². The Morgan fingerprint density at radius 1 is 0.895 bits per heavy atom. The molecule has 0 bridgehead atoms. The van der Waals surface area contributed by atoms with Gasteiger partial charge in [-0.25, -0.2) is 13.2 Å².